The van der Waals surface area contributed by atoms with Crippen molar-refractivity contribution in [2.75, 3.05) is 17.2 Å². The summed E-state index contributed by atoms with van der Waals surface area (Å²) in [5.41, 5.74) is 7.51. The summed E-state index contributed by atoms with van der Waals surface area (Å²) in [5.74, 6) is 0.352. The normalized spacial score (nSPS) is 10.5. The van der Waals surface area contributed by atoms with E-state index in [1.54, 1.807) is 18.3 Å². The lowest BCUT2D eigenvalue weighted by Crippen LogP contribution is -2.23. The van der Waals surface area contributed by atoms with E-state index in [0.717, 1.165) is 22.5 Å². The number of hydrazone groups is 1. The van der Waals surface area contributed by atoms with Gasteiger partial charge in [-0.25, -0.2) is 0 Å². The average Bonchev–Trinajstić information content (AvgIpc) is 2.76. The minimum Gasteiger partial charge on any atom is -0.484 e. The van der Waals surface area contributed by atoms with Crippen LogP contribution in [0.4, 0.5) is 11.4 Å². The number of para-hydroxylation sites is 1. The first kappa shape index (κ1) is 22.0. The first-order chi connectivity index (χ1) is 15.0. The third kappa shape index (κ3) is 7.24. The largest absolute Gasteiger partial charge is 0.484 e. The van der Waals surface area contributed by atoms with Crippen molar-refractivity contribution >= 4 is 40.8 Å². The second-order valence-corrected chi connectivity index (χ2v) is 7.31. The fourth-order valence-electron chi connectivity index (χ4n) is 2.70. The zero-order valence-electron chi connectivity index (χ0n) is 17.4. The maximum Gasteiger partial charge on any atom is 0.262 e. The highest BCUT2D eigenvalue weighted by Crippen LogP contribution is 2.15. The lowest BCUT2D eigenvalue weighted by atomic mass is 10.1. The molecule has 7 heteroatoms. The number of nitrogens with one attached hydrogen (secondary N) is 3. The predicted octanol–water partition coefficient (Wildman–Crippen LogP) is 4.64. The van der Waals surface area contributed by atoms with E-state index in [4.69, 9.17) is 17.0 Å². The van der Waals surface area contributed by atoms with Crippen LogP contribution in [-0.4, -0.2) is 23.8 Å². The molecule has 0 aliphatic heterocycles. The van der Waals surface area contributed by atoms with Crippen LogP contribution in [0.5, 0.6) is 5.75 Å². The number of nitrogens with zero attached hydrogens (tertiary/aromatic N) is 1. The molecule has 0 atom stereocenters. The van der Waals surface area contributed by atoms with Crippen LogP contribution in [0, 0.1) is 13.8 Å². The number of hydrogen-bond donors (Lipinski definition) is 3. The number of carbonyl (C=O) groups excluding carboxylic acids is 1. The van der Waals surface area contributed by atoms with Gasteiger partial charge in [0.15, 0.2) is 11.7 Å². The van der Waals surface area contributed by atoms with Crippen LogP contribution in [0.2, 0.25) is 0 Å². The fourth-order valence-corrected chi connectivity index (χ4v) is 2.87. The summed E-state index contributed by atoms with van der Waals surface area (Å²) in [5, 5.41) is 10.4. The Hall–Kier alpha value is -3.71. The molecule has 0 spiro atoms. The van der Waals surface area contributed by atoms with Crippen LogP contribution >= 0.6 is 12.2 Å². The third-order valence-electron chi connectivity index (χ3n) is 4.43. The zero-order chi connectivity index (χ0) is 22.1. The average molecular weight is 433 g/mol. The van der Waals surface area contributed by atoms with Crippen molar-refractivity contribution in [3.05, 3.63) is 89.5 Å². The summed E-state index contributed by atoms with van der Waals surface area (Å²) in [4.78, 5) is 12.2. The molecule has 0 aliphatic rings. The Morgan fingerprint density at radius 3 is 2.52 bits per heavy atom. The molecule has 31 heavy (non-hydrogen) atoms. The van der Waals surface area contributed by atoms with Gasteiger partial charge in [-0.15, -0.1) is 0 Å². The molecule has 3 N–H and O–H groups in total. The number of hydrogen-bond acceptors (Lipinski definition) is 4. The summed E-state index contributed by atoms with van der Waals surface area (Å²) in [6.45, 7) is 3.95. The highest BCUT2D eigenvalue weighted by molar-refractivity contribution is 7.80. The molecule has 0 unspecified atom stereocenters. The lowest BCUT2D eigenvalue weighted by Gasteiger charge is -2.09. The van der Waals surface area contributed by atoms with E-state index in [1.165, 1.54) is 5.56 Å². The van der Waals surface area contributed by atoms with E-state index < -0.39 is 0 Å². The Morgan fingerprint density at radius 2 is 1.74 bits per heavy atom. The molecule has 0 fully saturated rings. The van der Waals surface area contributed by atoms with E-state index in [0.29, 0.717) is 10.9 Å². The molecule has 6 nitrogen and oxygen atoms in total. The maximum atomic E-state index is 12.2. The number of anilines is 2. The molecule has 0 saturated carbocycles. The van der Waals surface area contributed by atoms with Crippen molar-refractivity contribution in [3.63, 3.8) is 0 Å². The Kier molecular flexibility index (Phi) is 7.73. The second-order valence-electron chi connectivity index (χ2n) is 6.90. The van der Waals surface area contributed by atoms with Crippen LogP contribution in [0.15, 0.2) is 77.9 Å². The van der Waals surface area contributed by atoms with Gasteiger partial charge in [-0.05, 0) is 79.2 Å². The van der Waals surface area contributed by atoms with E-state index in [2.05, 4.69) is 21.2 Å². The van der Waals surface area contributed by atoms with E-state index in [9.17, 15) is 4.79 Å². The zero-order valence-corrected chi connectivity index (χ0v) is 18.2. The van der Waals surface area contributed by atoms with Crippen LogP contribution in [0.25, 0.3) is 0 Å². The van der Waals surface area contributed by atoms with Gasteiger partial charge in [0.05, 0.1) is 6.21 Å². The quantitative estimate of drug-likeness (QED) is 0.288. The molecule has 0 radical (unpaired) electrons. The summed E-state index contributed by atoms with van der Waals surface area (Å²) in [6, 6.07) is 22.7. The molecule has 0 heterocycles. The first-order valence-corrected chi connectivity index (χ1v) is 10.2. The Labute approximate surface area is 187 Å². The monoisotopic (exact) mass is 432 g/mol. The standard InChI is InChI=1S/C24H24N4O2S/c1-17-11-12-21(13-18(17)2)26-23(29)16-30-22-10-6-7-19(14-22)15-25-28-24(31)27-20-8-4-3-5-9-20/h3-15H,16H2,1-2H3,(H,26,29)(H2,27,28,31)/b25-15+. The molecule has 0 aromatic heterocycles. The molecule has 0 bridgehead atoms. The molecule has 0 saturated heterocycles. The van der Waals surface area contributed by atoms with Gasteiger partial charge < -0.3 is 15.4 Å². The van der Waals surface area contributed by atoms with Gasteiger partial charge in [-0.3, -0.25) is 10.2 Å². The number of amides is 1. The number of thiocarbonyl (C=S) groups is 1. The summed E-state index contributed by atoms with van der Waals surface area (Å²) < 4.78 is 5.61. The molecule has 0 aliphatic carbocycles. The summed E-state index contributed by atoms with van der Waals surface area (Å²) >= 11 is 5.21. The number of carbonyl (C=O) groups is 1. The fraction of sp³-hybridized carbons (Fsp3) is 0.125. The molecule has 158 valence electrons. The van der Waals surface area contributed by atoms with Crippen molar-refractivity contribution in [2.45, 2.75) is 13.8 Å². The molecule has 3 aromatic carbocycles. The van der Waals surface area contributed by atoms with Crippen LogP contribution < -0.4 is 20.8 Å². The van der Waals surface area contributed by atoms with Crippen LogP contribution in [0.1, 0.15) is 16.7 Å². The molecule has 1 amide bonds. The van der Waals surface area contributed by atoms with E-state index in [1.807, 2.05) is 74.5 Å². The molecule has 3 aromatic rings. The predicted molar refractivity (Wildman–Crippen MR) is 130 cm³/mol. The van der Waals surface area contributed by atoms with Gasteiger partial charge >= 0.3 is 0 Å². The van der Waals surface area contributed by atoms with Gasteiger partial charge in [-0.2, -0.15) is 5.10 Å². The molecular formula is C24H24N4O2S. The van der Waals surface area contributed by atoms with Crippen molar-refractivity contribution in [1.29, 1.82) is 0 Å². The third-order valence-corrected chi connectivity index (χ3v) is 4.62. The van der Waals surface area contributed by atoms with Gasteiger partial charge in [0.2, 0.25) is 0 Å². The topological polar surface area (TPSA) is 74.8 Å². The van der Waals surface area contributed by atoms with E-state index >= 15 is 0 Å². The molecular weight excluding hydrogens is 408 g/mol. The SMILES string of the molecule is Cc1ccc(NC(=O)COc2cccc(/C=N/NC(=S)Nc3ccccc3)c2)cc1C. The minimum atomic E-state index is -0.221. The van der Waals surface area contributed by atoms with Crippen LogP contribution in [-0.2, 0) is 4.79 Å². The smallest absolute Gasteiger partial charge is 0.262 e. The number of benzene rings is 3. The summed E-state index contributed by atoms with van der Waals surface area (Å²) in [6.07, 6.45) is 1.63. The Bertz CT molecular complexity index is 1080. The second kappa shape index (κ2) is 10.9. The van der Waals surface area contributed by atoms with Crippen LogP contribution in [0.3, 0.4) is 0 Å². The highest BCUT2D eigenvalue weighted by Gasteiger charge is 2.05. The molecule has 3 rings (SSSR count). The first-order valence-electron chi connectivity index (χ1n) is 9.75. The van der Waals surface area contributed by atoms with Gasteiger partial charge in [0.25, 0.3) is 5.91 Å². The van der Waals surface area contributed by atoms with Crippen molar-refractivity contribution in [2.24, 2.45) is 5.10 Å². The summed E-state index contributed by atoms with van der Waals surface area (Å²) in [7, 11) is 0. The Balaban J connectivity index is 1.48. The number of aryl methyl sites for hydroxylation is 2. The number of rotatable bonds is 7. The Morgan fingerprint density at radius 1 is 0.935 bits per heavy atom. The van der Waals surface area contributed by atoms with E-state index in [-0.39, 0.29) is 12.5 Å². The van der Waals surface area contributed by atoms with Crippen molar-refractivity contribution in [3.8, 4) is 5.75 Å². The van der Waals surface area contributed by atoms with Crippen molar-refractivity contribution in [1.82, 2.24) is 5.43 Å². The lowest BCUT2D eigenvalue weighted by molar-refractivity contribution is -0.118. The van der Waals surface area contributed by atoms with Gasteiger partial charge in [0, 0.05) is 11.4 Å². The van der Waals surface area contributed by atoms with Crippen molar-refractivity contribution < 1.29 is 9.53 Å². The number of ether oxygens (including phenoxy) is 1. The minimum absolute atomic E-state index is 0.0865. The van der Waals surface area contributed by atoms with Gasteiger partial charge in [0.1, 0.15) is 5.75 Å². The van der Waals surface area contributed by atoms with Gasteiger partial charge in [-0.1, -0.05) is 36.4 Å². The maximum absolute atomic E-state index is 12.2. The highest BCUT2D eigenvalue weighted by atomic mass is 32.1.